The van der Waals surface area contributed by atoms with Gasteiger partial charge in [0, 0.05) is 18.6 Å². The van der Waals surface area contributed by atoms with Crippen LogP contribution >= 0.6 is 0 Å². The molecule has 1 heterocycles. The third-order valence-corrected chi connectivity index (χ3v) is 4.31. The number of carbonyl (C=O) groups is 1. The molecule has 0 spiro atoms. The van der Waals surface area contributed by atoms with E-state index in [0.29, 0.717) is 6.42 Å². The molecule has 20 heavy (non-hydrogen) atoms. The molecule has 100 valence electrons. The van der Waals surface area contributed by atoms with Crippen molar-refractivity contribution in [3.8, 4) is 0 Å². The van der Waals surface area contributed by atoms with Crippen LogP contribution in [-0.4, -0.2) is 18.5 Å². The van der Waals surface area contributed by atoms with Gasteiger partial charge in [-0.05, 0) is 40.8 Å². The quantitative estimate of drug-likeness (QED) is 0.784. The topological polar surface area (TPSA) is 26.3 Å². The molecule has 1 aliphatic carbocycles. The number of fused-ring (bicyclic) bond motifs is 2. The molecule has 0 aromatic heterocycles. The van der Waals surface area contributed by atoms with Crippen molar-refractivity contribution in [3.63, 3.8) is 0 Å². The first-order valence-electron chi connectivity index (χ1n) is 7.20. The first-order chi connectivity index (χ1) is 9.83. The maximum absolute atomic E-state index is 12.3. The standard InChI is InChI=1S/C18H16O2/c19-16-11-17-15(6-3-9-20-17)18(16)14-8-7-12-4-1-2-5-13(12)10-14/h1-2,4-5,7-8,10,17H,3,6,9,11H2. The molecular weight excluding hydrogens is 248 g/mol. The lowest BCUT2D eigenvalue weighted by atomic mass is 9.95. The Kier molecular flexibility index (Phi) is 2.71. The van der Waals surface area contributed by atoms with E-state index in [1.165, 1.54) is 16.3 Å². The molecule has 1 atom stereocenters. The summed E-state index contributed by atoms with van der Waals surface area (Å²) in [5.41, 5.74) is 3.19. The van der Waals surface area contributed by atoms with E-state index in [-0.39, 0.29) is 11.9 Å². The van der Waals surface area contributed by atoms with Gasteiger partial charge in [-0.15, -0.1) is 0 Å². The second-order valence-electron chi connectivity index (χ2n) is 5.55. The van der Waals surface area contributed by atoms with Gasteiger partial charge in [0.25, 0.3) is 0 Å². The number of carbonyl (C=O) groups excluding carboxylic acids is 1. The third-order valence-electron chi connectivity index (χ3n) is 4.31. The molecule has 0 saturated carbocycles. The van der Waals surface area contributed by atoms with Gasteiger partial charge < -0.3 is 4.74 Å². The zero-order valence-corrected chi connectivity index (χ0v) is 11.3. The smallest absolute Gasteiger partial charge is 0.166 e. The van der Waals surface area contributed by atoms with Gasteiger partial charge in [0.2, 0.25) is 0 Å². The second kappa shape index (κ2) is 4.57. The Labute approximate surface area is 118 Å². The summed E-state index contributed by atoms with van der Waals surface area (Å²) in [6.07, 6.45) is 2.59. The molecule has 1 saturated heterocycles. The summed E-state index contributed by atoms with van der Waals surface area (Å²) < 4.78 is 5.73. The Morgan fingerprint density at radius 1 is 1.05 bits per heavy atom. The number of hydrogen-bond acceptors (Lipinski definition) is 2. The molecule has 2 aromatic rings. The molecule has 0 amide bonds. The average molecular weight is 264 g/mol. The third kappa shape index (κ3) is 1.80. The van der Waals surface area contributed by atoms with Crippen LogP contribution in [0.2, 0.25) is 0 Å². The molecule has 1 unspecified atom stereocenters. The first-order valence-corrected chi connectivity index (χ1v) is 7.20. The molecule has 0 bridgehead atoms. The van der Waals surface area contributed by atoms with Crippen LogP contribution in [0.15, 0.2) is 48.0 Å². The van der Waals surface area contributed by atoms with Crippen molar-refractivity contribution < 1.29 is 9.53 Å². The number of hydrogen-bond donors (Lipinski definition) is 0. The second-order valence-corrected chi connectivity index (χ2v) is 5.55. The summed E-state index contributed by atoms with van der Waals surface area (Å²) in [5.74, 6) is 0.238. The van der Waals surface area contributed by atoms with Crippen molar-refractivity contribution in [2.24, 2.45) is 0 Å². The molecule has 1 fully saturated rings. The molecule has 0 N–H and O–H groups in total. The normalized spacial score (nSPS) is 22.4. The van der Waals surface area contributed by atoms with E-state index in [1.54, 1.807) is 0 Å². The van der Waals surface area contributed by atoms with Crippen LogP contribution in [0.1, 0.15) is 24.8 Å². The van der Waals surface area contributed by atoms with E-state index in [0.717, 1.165) is 30.6 Å². The number of Topliss-reactive ketones (excluding diaryl/α,β-unsaturated/α-hetero) is 1. The highest BCUT2D eigenvalue weighted by Crippen LogP contribution is 2.38. The Morgan fingerprint density at radius 2 is 1.90 bits per heavy atom. The highest BCUT2D eigenvalue weighted by molar-refractivity contribution is 6.24. The van der Waals surface area contributed by atoms with E-state index in [9.17, 15) is 4.79 Å². The average Bonchev–Trinajstić information content (AvgIpc) is 2.82. The summed E-state index contributed by atoms with van der Waals surface area (Å²) in [4.78, 5) is 12.3. The lowest BCUT2D eigenvalue weighted by Crippen LogP contribution is -2.19. The van der Waals surface area contributed by atoms with Gasteiger partial charge >= 0.3 is 0 Å². The summed E-state index contributed by atoms with van der Waals surface area (Å²) >= 11 is 0. The van der Waals surface area contributed by atoms with E-state index < -0.39 is 0 Å². The van der Waals surface area contributed by atoms with E-state index in [2.05, 4.69) is 30.3 Å². The van der Waals surface area contributed by atoms with Crippen LogP contribution in [0.4, 0.5) is 0 Å². The molecular formula is C18H16O2. The van der Waals surface area contributed by atoms with Crippen LogP contribution in [0.3, 0.4) is 0 Å². The fourth-order valence-corrected chi connectivity index (χ4v) is 3.36. The van der Waals surface area contributed by atoms with Crippen LogP contribution in [-0.2, 0) is 9.53 Å². The van der Waals surface area contributed by atoms with Crippen molar-refractivity contribution in [1.82, 2.24) is 0 Å². The van der Waals surface area contributed by atoms with Crippen LogP contribution in [0.25, 0.3) is 16.3 Å². The maximum atomic E-state index is 12.3. The molecule has 2 nitrogen and oxygen atoms in total. The summed E-state index contributed by atoms with van der Waals surface area (Å²) in [6, 6.07) is 14.6. The maximum Gasteiger partial charge on any atom is 0.166 e. The highest BCUT2D eigenvalue weighted by atomic mass is 16.5. The van der Waals surface area contributed by atoms with Crippen LogP contribution in [0.5, 0.6) is 0 Å². The lowest BCUT2D eigenvalue weighted by molar-refractivity contribution is -0.114. The minimum atomic E-state index is 0.0396. The molecule has 2 heteroatoms. The van der Waals surface area contributed by atoms with Crippen LogP contribution in [0, 0.1) is 0 Å². The van der Waals surface area contributed by atoms with E-state index >= 15 is 0 Å². The van der Waals surface area contributed by atoms with Crippen LogP contribution < -0.4 is 0 Å². The predicted molar refractivity (Wildman–Crippen MR) is 79.5 cm³/mol. The molecule has 4 rings (SSSR count). The summed E-state index contributed by atoms with van der Waals surface area (Å²) in [7, 11) is 0. The van der Waals surface area contributed by atoms with Gasteiger partial charge in [-0.3, -0.25) is 4.79 Å². The molecule has 2 aliphatic rings. The van der Waals surface area contributed by atoms with Crippen molar-refractivity contribution in [2.75, 3.05) is 6.61 Å². The Balaban J connectivity index is 1.87. The SMILES string of the molecule is O=C1CC2OCCCC2=C1c1ccc2ccccc2c1. The minimum absolute atomic E-state index is 0.0396. The lowest BCUT2D eigenvalue weighted by Gasteiger charge is -2.21. The summed E-state index contributed by atoms with van der Waals surface area (Å²) in [6.45, 7) is 0.784. The Hall–Kier alpha value is -1.93. The fraction of sp³-hybridized carbons (Fsp3) is 0.278. The summed E-state index contributed by atoms with van der Waals surface area (Å²) in [5, 5.41) is 2.40. The van der Waals surface area contributed by atoms with Crippen molar-refractivity contribution in [2.45, 2.75) is 25.4 Å². The zero-order chi connectivity index (χ0) is 13.5. The predicted octanol–water partition coefficient (Wildman–Crippen LogP) is 3.75. The largest absolute Gasteiger partial charge is 0.373 e. The van der Waals surface area contributed by atoms with E-state index in [4.69, 9.17) is 4.74 Å². The molecule has 0 radical (unpaired) electrons. The Morgan fingerprint density at radius 3 is 2.80 bits per heavy atom. The van der Waals surface area contributed by atoms with Gasteiger partial charge in [-0.1, -0.05) is 36.4 Å². The minimum Gasteiger partial charge on any atom is -0.373 e. The number of rotatable bonds is 1. The first kappa shape index (κ1) is 11.9. The number of allylic oxidation sites excluding steroid dienone is 1. The molecule has 2 aromatic carbocycles. The monoisotopic (exact) mass is 264 g/mol. The number of ketones is 1. The van der Waals surface area contributed by atoms with Gasteiger partial charge in [-0.2, -0.15) is 0 Å². The zero-order valence-electron chi connectivity index (χ0n) is 11.3. The fourth-order valence-electron chi connectivity index (χ4n) is 3.36. The Bertz CT molecular complexity index is 727. The van der Waals surface area contributed by atoms with Crippen molar-refractivity contribution in [3.05, 3.63) is 53.6 Å². The number of ether oxygens (including phenoxy) is 1. The number of benzene rings is 2. The van der Waals surface area contributed by atoms with Crippen molar-refractivity contribution in [1.29, 1.82) is 0 Å². The van der Waals surface area contributed by atoms with Gasteiger partial charge in [-0.25, -0.2) is 0 Å². The van der Waals surface area contributed by atoms with Gasteiger partial charge in [0.05, 0.1) is 6.10 Å². The molecule has 1 aliphatic heterocycles. The van der Waals surface area contributed by atoms with Crippen molar-refractivity contribution >= 4 is 22.1 Å². The van der Waals surface area contributed by atoms with E-state index in [1.807, 2.05) is 12.1 Å². The van der Waals surface area contributed by atoms with Gasteiger partial charge in [0.1, 0.15) is 0 Å². The van der Waals surface area contributed by atoms with Gasteiger partial charge in [0.15, 0.2) is 5.78 Å². The highest BCUT2D eigenvalue weighted by Gasteiger charge is 2.35.